The number of rotatable bonds is 6. The number of ether oxygens (including phenoxy) is 1. The van der Waals surface area contributed by atoms with Gasteiger partial charge >= 0.3 is 5.97 Å². The van der Waals surface area contributed by atoms with Crippen molar-refractivity contribution < 1.29 is 27.1 Å². The Hall–Kier alpha value is -3.72. The first-order valence-electron chi connectivity index (χ1n) is 8.68. The van der Waals surface area contributed by atoms with Gasteiger partial charge in [0.2, 0.25) is 0 Å². The van der Waals surface area contributed by atoms with Crippen molar-refractivity contribution in [2.75, 3.05) is 17.1 Å². The second kappa shape index (κ2) is 8.75. The molecule has 0 aromatic heterocycles. The molecule has 7 nitrogen and oxygen atoms in total. The van der Waals surface area contributed by atoms with Crippen LogP contribution >= 0.6 is 0 Å². The standard InChI is InChI=1S/C21H17FN2O5S/c1-29-21(26)14-11-12-17(22)19(13-14)30(27,28)24-18-10-6-5-9-16(18)20(25)23-15-7-3-2-4-8-15/h2-13,24H,1H3,(H,23,25). The summed E-state index contributed by atoms with van der Waals surface area (Å²) in [4.78, 5) is 23.5. The Morgan fingerprint density at radius 2 is 1.60 bits per heavy atom. The Labute approximate surface area is 172 Å². The third-order valence-electron chi connectivity index (χ3n) is 4.09. The average Bonchev–Trinajstić information content (AvgIpc) is 2.74. The highest BCUT2D eigenvalue weighted by atomic mass is 32.2. The van der Waals surface area contributed by atoms with Crippen LogP contribution in [0.15, 0.2) is 77.7 Å². The number of hydrogen-bond donors (Lipinski definition) is 2. The Kier molecular flexibility index (Phi) is 6.12. The molecular formula is C21H17FN2O5S. The second-order valence-corrected chi connectivity index (χ2v) is 7.76. The molecule has 0 aliphatic rings. The van der Waals surface area contributed by atoms with Gasteiger partial charge in [0, 0.05) is 5.69 Å². The molecule has 0 spiro atoms. The van der Waals surface area contributed by atoms with Crippen LogP contribution in [-0.2, 0) is 14.8 Å². The quantitative estimate of drug-likeness (QED) is 0.584. The lowest BCUT2D eigenvalue weighted by Gasteiger charge is -2.13. The first kappa shape index (κ1) is 21.0. The van der Waals surface area contributed by atoms with E-state index in [2.05, 4.69) is 14.8 Å². The van der Waals surface area contributed by atoms with Gasteiger partial charge in [0.05, 0.1) is 23.9 Å². The van der Waals surface area contributed by atoms with Gasteiger partial charge in [-0.15, -0.1) is 0 Å². The zero-order valence-corrected chi connectivity index (χ0v) is 16.6. The topological polar surface area (TPSA) is 102 Å². The van der Waals surface area contributed by atoms with Gasteiger partial charge in [0.15, 0.2) is 0 Å². The normalized spacial score (nSPS) is 10.9. The van der Waals surface area contributed by atoms with Crippen LogP contribution < -0.4 is 10.0 Å². The van der Waals surface area contributed by atoms with Gasteiger partial charge in [0.25, 0.3) is 15.9 Å². The van der Waals surface area contributed by atoms with Gasteiger partial charge in [-0.05, 0) is 42.5 Å². The van der Waals surface area contributed by atoms with Gasteiger partial charge < -0.3 is 10.1 Å². The van der Waals surface area contributed by atoms with Crippen LogP contribution in [0, 0.1) is 5.82 Å². The lowest BCUT2D eigenvalue weighted by molar-refractivity contribution is 0.0600. The molecule has 2 N–H and O–H groups in total. The molecular weight excluding hydrogens is 411 g/mol. The van der Waals surface area contributed by atoms with E-state index in [0.717, 1.165) is 25.3 Å². The molecule has 0 saturated heterocycles. The largest absolute Gasteiger partial charge is 0.465 e. The Balaban J connectivity index is 1.93. The molecule has 154 valence electrons. The number of hydrogen-bond acceptors (Lipinski definition) is 5. The predicted octanol–water partition coefficient (Wildman–Crippen LogP) is 3.67. The predicted molar refractivity (Wildman–Crippen MR) is 109 cm³/mol. The van der Waals surface area contributed by atoms with E-state index in [4.69, 9.17) is 0 Å². The molecule has 0 aliphatic carbocycles. The maximum Gasteiger partial charge on any atom is 0.337 e. The molecule has 0 aliphatic heterocycles. The third-order valence-corrected chi connectivity index (χ3v) is 5.47. The summed E-state index contributed by atoms with van der Waals surface area (Å²) < 4.78 is 46.6. The molecule has 0 unspecified atom stereocenters. The smallest absolute Gasteiger partial charge is 0.337 e. The summed E-state index contributed by atoms with van der Waals surface area (Å²) in [7, 11) is -3.33. The highest BCUT2D eigenvalue weighted by molar-refractivity contribution is 7.92. The SMILES string of the molecule is COC(=O)c1ccc(F)c(S(=O)(=O)Nc2ccccc2C(=O)Nc2ccccc2)c1. The molecule has 30 heavy (non-hydrogen) atoms. The highest BCUT2D eigenvalue weighted by Crippen LogP contribution is 2.24. The van der Waals surface area contributed by atoms with Crippen molar-refractivity contribution in [2.45, 2.75) is 4.90 Å². The van der Waals surface area contributed by atoms with Crippen LogP contribution in [0.4, 0.5) is 15.8 Å². The van der Waals surface area contributed by atoms with E-state index in [1.54, 1.807) is 36.4 Å². The second-order valence-electron chi connectivity index (χ2n) is 6.11. The van der Waals surface area contributed by atoms with Gasteiger partial charge in [-0.25, -0.2) is 17.6 Å². The van der Waals surface area contributed by atoms with Crippen molar-refractivity contribution >= 4 is 33.3 Å². The molecule has 0 fully saturated rings. The summed E-state index contributed by atoms with van der Waals surface area (Å²) >= 11 is 0. The zero-order valence-electron chi connectivity index (χ0n) is 15.8. The minimum Gasteiger partial charge on any atom is -0.465 e. The molecule has 0 atom stereocenters. The summed E-state index contributed by atoms with van der Waals surface area (Å²) in [6.45, 7) is 0. The van der Waals surface area contributed by atoms with Gasteiger partial charge in [-0.2, -0.15) is 0 Å². The van der Waals surface area contributed by atoms with Crippen molar-refractivity contribution in [1.82, 2.24) is 0 Å². The lowest BCUT2D eigenvalue weighted by atomic mass is 10.1. The minimum absolute atomic E-state index is 0.0365. The molecule has 3 rings (SSSR count). The van der Waals surface area contributed by atoms with Crippen LogP contribution in [0.3, 0.4) is 0 Å². The number of methoxy groups -OCH3 is 1. The van der Waals surface area contributed by atoms with Gasteiger partial charge in [-0.1, -0.05) is 30.3 Å². The number of carbonyl (C=O) groups is 2. The molecule has 0 heterocycles. The number of para-hydroxylation sites is 2. The zero-order chi connectivity index (χ0) is 21.7. The fourth-order valence-corrected chi connectivity index (χ4v) is 3.83. The van der Waals surface area contributed by atoms with Crippen LogP contribution in [0.25, 0.3) is 0 Å². The Morgan fingerprint density at radius 1 is 0.933 bits per heavy atom. The van der Waals surface area contributed by atoms with Crippen LogP contribution in [-0.4, -0.2) is 27.4 Å². The van der Waals surface area contributed by atoms with E-state index in [0.29, 0.717) is 5.69 Å². The molecule has 0 radical (unpaired) electrons. The van der Waals surface area contributed by atoms with Crippen molar-refractivity contribution in [3.05, 3.63) is 89.7 Å². The fourth-order valence-electron chi connectivity index (χ4n) is 2.64. The summed E-state index contributed by atoms with van der Waals surface area (Å²) in [6, 6.07) is 17.4. The van der Waals surface area contributed by atoms with E-state index in [-0.39, 0.29) is 16.8 Å². The number of halogens is 1. The Morgan fingerprint density at radius 3 is 2.30 bits per heavy atom. The number of amides is 1. The first-order valence-corrected chi connectivity index (χ1v) is 10.2. The molecule has 3 aromatic carbocycles. The Bertz CT molecular complexity index is 1200. The van der Waals surface area contributed by atoms with E-state index in [1.165, 1.54) is 18.2 Å². The van der Waals surface area contributed by atoms with Crippen LogP contribution in [0.2, 0.25) is 0 Å². The minimum atomic E-state index is -4.45. The van der Waals surface area contributed by atoms with Gasteiger partial charge in [0.1, 0.15) is 10.7 Å². The monoisotopic (exact) mass is 428 g/mol. The van der Waals surface area contributed by atoms with Crippen LogP contribution in [0.1, 0.15) is 20.7 Å². The van der Waals surface area contributed by atoms with Gasteiger partial charge in [-0.3, -0.25) is 9.52 Å². The summed E-state index contributed by atoms with van der Waals surface area (Å²) in [5.41, 5.74) is 0.384. The third kappa shape index (κ3) is 4.64. The molecule has 3 aromatic rings. The number of nitrogens with one attached hydrogen (secondary N) is 2. The lowest BCUT2D eigenvalue weighted by Crippen LogP contribution is -2.20. The van der Waals surface area contributed by atoms with Crippen molar-refractivity contribution in [2.24, 2.45) is 0 Å². The molecule has 9 heteroatoms. The molecule has 0 bridgehead atoms. The first-order chi connectivity index (χ1) is 14.3. The summed E-state index contributed by atoms with van der Waals surface area (Å²) in [5, 5.41) is 2.66. The van der Waals surface area contributed by atoms with Crippen molar-refractivity contribution in [3.63, 3.8) is 0 Å². The van der Waals surface area contributed by atoms with E-state index >= 15 is 0 Å². The number of esters is 1. The molecule has 0 saturated carbocycles. The molecule has 1 amide bonds. The van der Waals surface area contributed by atoms with Crippen LogP contribution in [0.5, 0.6) is 0 Å². The van der Waals surface area contributed by atoms with E-state index in [1.807, 2.05) is 0 Å². The average molecular weight is 428 g/mol. The van der Waals surface area contributed by atoms with E-state index < -0.39 is 32.6 Å². The number of benzene rings is 3. The number of sulfonamides is 1. The van der Waals surface area contributed by atoms with Crippen molar-refractivity contribution in [1.29, 1.82) is 0 Å². The fraction of sp³-hybridized carbons (Fsp3) is 0.0476. The maximum absolute atomic E-state index is 14.2. The number of carbonyl (C=O) groups excluding carboxylic acids is 2. The maximum atomic E-state index is 14.2. The summed E-state index contributed by atoms with van der Waals surface area (Å²) in [5.74, 6) is -2.42. The summed E-state index contributed by atoms with van der Waals surface area (Å²) in [6.07, 6.45) is 0. The van der Waals surface area contributed by atoms with E-state index in [9.17, 15) is 22.4 Å². The highest BCUT2D eigenvalue weighted by Gasteiger charge is 2.23. The number of anilines is 2. The van der Waals surface area contributed by atoms with Crippen molar-refractivity contribution in [3.8, 4) is 0 Å².